The Morgan fingerprint density at radius 2 is 0.692 bits per heavy atom. The third-order valence-corrected chi connectivity index (χ3v) is 10.5. The zero-order chi connectivity index (χ0) is 34.6. The molecule has 2 aromatic heterocycles. The fraction of sp³-hybridized carbons (Fsp3) is 0. The predicted molar refractivity (Wildman–Crippen MR) is 220 cm³/mol. The largest absolute Gasteiger partial charge is 0.455 e. The molecule has 0 fully saturated rings. The molecular formula is C48H30BrNO2. The van der Waals surface area contributed by atoms with Crippen molar-refractivity contribution in [3.05, 3.63) is 186 Å². The summed E-state index contributed by atoms with van der Waals surface area (Å²) in [6.45, 7) is 0. The highest BCUT2D eigenvalue weighted by Crippen LogP contribution is 2.41. The fourth-order valence-electron chi connectivity index (χ4n) is 7.42. The average Bonchev–Trinajstić information content (AvgIpc) is 3.78. The summed E-state index contributed by atoms with van der Waals surface area (Å²) in [5.41, 5.74) is 13.5. The quantitative estimate of drug-likeness (QED) is 0.170. The van der Waals surface area contributed by atoms with Crippen molar-refractivity contribution in [2.24, 2.45) is 0 Å². The second kappa shape index (κ2) is 12.4. The van der Waals surface area contributed by atoms with Crippen LogP contribution in [0.15, 0.2) is 195 Å². The maximum Gasteiger partial charge on any atom is 0.143 e. The monoisotopic (exact) mass is 731 g/mol. The molecule has 0 amide bonds. The van der Waals surface area contributed by atoms with Crippen LogP contribution in [0, 0.1) is 0 Å². The van der Waals surface area contributed by atoms with Crippen LogP contribution in [0.25, 0.3) is 77.3 Å². The third kappa shape index (κ3) is 5.19. The minimum Gasteiger partial charge on any atom is -0.455 e. The molecule has 246 valence electrons. The molecule has 2 heterocycles. The van der Waals surface area contributed by atoms with Gasteiger partial charge >= 0.3 is 0 Å². The highest BCUT2D eigenvalue weighted by atomic mass is 79.9. The van der Waals surface area contributed by atoms with Crippen LogP contribution in [0.5, 0.6) is 0 Å². The van der Waals surface area contributed by atoms with Gasteiger partial charge in [0.1, 0.15) is 22.3 Å². The van der Waals surface area contributed by atoms with E-state index in [1.807, 2.05) is 24.3 Å². The molecule has 0 aliphatic carbocycles. The Morgan fingerprint density at radius 1 is 0.327 bits per heavy atom. The minimum absolute atomic E-state index is 0.902. The smallest absolute Gasteiger partial charge is 0.143 e. The van der Waals surface area contributed by atoms with E-state index in [9.17, 15) is 0 Å². The Kier molecular flexibility index (Phi) is 7.29. The van der Waals surface area contributed by atoms with E-state index in [2.05, 4.69) is 179 Å². The topological polar surface area (TPSA) is 29.5 Å². The lowest BCUT2D eigenvalue weighted by molar-refractivity contribution is 0.669. The lowest BCUT2D eigenvalue weighted by Gasteiger charge is -2.26. The van der Waals surface area contributed by atoms with Crippen LogP contribution in [-0.4, -0.2) is 0 Å². The Bertz CT molecular complexity index is 2730. The second-order valence-electron chi connectivity index (χ2n) is 13.0. The van der Waals surface area contributed by atoms with E-state index >= 15 is 0 Å². The summed E-state index contributed by atoms with van der Waals surface area (Å²) in [5, 5.41) is 4.52. The van der Waals surface area contributed by atoms with Gasteiger partial charge in [0.25, 0.3) is 0 Å². The Hall–Kier alpha value is -6.36. The third-order valence-electron chi connectivity index (χ3n) is 9.98. The van der Waals surface area contributed by atoms with Crippen molar-refractivity contribution in [1.82, 2.24) is 0 Å². The molecule has 10 aromatic rings. The normalized spacial score (nSPS) is 11.6. The van der Waals surface area contributed by atoms with Crippen molar-refractivity contribution >= 4 is 76.9 Å². The van der Waals surface area contributed by atoms with Crippen LogP contribution in [0.3, 0.4) is 0 Å². The van der Waals surface area contributed by atoms with Crippen LogP contribution < -0.4 is 4.90 Å². The van der Waals surface area contributed by atoms with Gasteiger partial charge in [-0.3, -0.25) is 0 Å². The lowest BCUT2D eigenvalue weighted by Crippen LogP contribution is -2.09. The summed E-state index contributed by atoms with van der Waals surface area (Å²) in [6.07, 6.45) is 0. The maximum atomic E-state index is 6.38. The van der Waals surface area contributed by atoms with Gasteiger partial charge < -0.3 is 13.7 Å². The molecule has 4 heteroatoms. The standard InChI is InChI=1S/C48H30BrNO2/c49-35-23-15-31(16-24-35)32-17-25-36(26-18-32)50(37-27-19-33(20-28-37)39-9-5-11-43-41-7-1-3-13-45(41)51-47(39)43)38-29-21-34(22-30-38)40-10-6-12-44-42-8-2-4-14-46(42)52-48(40)44/h1-30H. The van der Waals surface area contributed by atoms with E-state index < -0.39 is 0 Å². The van der Waals surface area contributed by atoms with E-state index in [-0.39, 0.29) is 0 Å². The lowest BCUT2D eigenvalue weighted by atomic mass is 10.0. The van der Waals surface area contributed by atoms with E-state index in [4.69, 9.17) is 8.83 Å². The molecule has 0 unspecified atom stereocenters. The van der Waals surface area contributed by atoms with Crippen molar-refractivity contribution in [3.63, 3.8) is 0 Å². The van der Waals surface area contributed by atoms with Crippen LogP contribution in [0.2, 0.25) is 0 Å². The number of rotatable bonds is 6. The molecule has 3 nitrogen and oxygen atoms in total. The molecule has 10 rings (SSSR count). The number of anilines is 3. The van der Waals surface area contributed by atoms with Gasteiger partial charge in [-0.1, -0.05) is 137 Å². The van der Waals surface area contributed by atoms with Crippen molar-refractivity contribution in [2.45, 2.75) is 0 Å². The van der Waals surface area contributed by atoms with Crippen LogP contribution >= 0.6 is 15.9 Å². The SMILES string of the molecule is Brc1ccc(-c2ccc(N(c3ccc(-c4cccc5c4oc4ccccc45)cc3)c3ccc(-c4cccc5c4oc4ccccc45)cc3)cc2)cc1. The summed E-state index contributed by atoms with van der Waals surface area (Å²) in [6, 6.07) is 64.0. The molecule has 0 radical (unpaired) electrons. The molecule has 0 bridgehead atoms. The molecule has 0 N–H and O–H groups in total. The minimum atomic E-state index is 0.902. The van der Waals surface area contributed by atoms with Crippen molar-refractivity contribution in [3.8, 4) is 33.4 Å². The summed E-state index contributed by atoms with van der Waals surface area (Å²) < 4.78 is 13.8. The zero-order valence-electron chi connectivity index (χ0n) is 28.0. The zero-order valence-corrected chi connectivity index (χ0v) is 29.5. The van der Waals surface area contributed by atoms with E-state index in [0.29, 0.717) is 0 Å². The molecule has 0 aliphatic heterocycles. The number of hydrogen-bond donors (Lipinski definition) is 0. The van der Waals surface area contributed by atoms with Gasteiger partial charge in [0, 0.05) is 54.2 Å². The number of benzene rings is 8. The second-order valence-corrected chi connectivity index (χ2v) is 14.0. The molecule has 0 saturated heterocycles. The Morgan fingerprint density at radius 3 is 1.13 bits per heavy atom. The van der Waals surface area contributed by atoms with E-state index in [1.54, 1.807) is 0 Å². The molecule has 52 heavy (non-hydrogen) atoms. The first-order valence-corrected chi connectivity index (χ1v) is 18.1. The number of hydrogen-bond acceptors (Lipinski definition) is 3. The van der Waals surface area contributed by atoms with Gasteiger partial charge in [-0.25, -0.2) is 0 Å². The van der Waals surface area contributed by atoms with Gasteiger partial charge in [-0.05, 0) is 82.9 Å². The molecular weight excluding hydrogens is 702 g/mol. The Balaban J connectivity index is 1.05. The number of halogens is 1. The highest BCUT2D eigenvalue weighted by molar-refractivity contribution is 9.10. The first-order chi connectivity index (χ1) is 25.7. The highest BCUT2D eigenvalue weighted by Gasteiger charge is 2.17. The summed E-state index contributed by atoms with van der Waals surface area (Å²) in [5.74, 6) is 0. The van der Waals surface area contributed by atoms with Gasteiger partial charge in [-0.15, -0.1) is 0 Å². The molecule has 0 atom stereocenters. The number of fused-ring (bicyclic) bond motifs is 6. The number of nitrogens with zero attached hydrogens (tertiary/aromatic N) is 1. The maximum absolute atomic E-state index is 6.38. The van der Waals surface area contributed by atoms with Gasteiger partial charge in [0.05, 0.1) is 0 Å². The first-order valence-electron chi connectivity index (χ1n) is 17.4. The first kappa shape index (κ1) is 30.5. The molecule has 0 saturated carbocycles. The summed E-state index contributed by atoms with van der Waals surface area (Å²) in [7, 11) is 0. The van der Waals surface area contributed by atoms with Gasteiger partial charge in [0.15, 0.2) is 0 Å². The predicted octanol–water partition coefficient (Wildman–Crippen LogP) is 14.7. The number of furan rings is 2. The van der Waals surface area contributed by atoms with Gasteiger partial charge in [-0.2, -0.15) is 0 Å². The number of para-hydroxylation sites is 4. The van der Waals surface area contributed by atoms with Crippen LogP contribution in [-0.2, 0) is 0 Å². The van der Waals surface area contributed by atoms with E-state index in [1.165, 1.54) is 11.1 Å². The Labute approximate surface area is 309 Å². The van der Waals surface area contributed by atoms with Crippen molar-refractivity contribution in [2.75, 3.05) is 4.90 Å². The molecule has 0 aliphatic rings. The summed E-state index contributed by atoms with van der Waals surface area (Å²) in [4.78, 5) is 2.31. The fourth-order valence-corrected chi connectivity index (χ4v) is 7.69. The average molecular weight is 733 g/mol. The van der Waals surface area contributed by atoms with Crippen LogP contribution in [0.4, 0.5) is 17.1 Å². The molecule has 8 aromatic carbocycles. The van der Waals surface area contributed by atoms with Crippen molar-refractivity contribution in [1.29, 1.82) is 0 Å². The van der Waals surface area contributed by atoms with Gasteiger partial charge in [0.2, 0.25) is 0 Å². The van der Waals surface area contributed by atoms with E-state index in [0.717, 1.165) is 87.7 Å². The molecule has 0 spiro atoms. The summed E-state index contributed by atoms with van der Waals surface area (Å²) >= 11 is 3.56. The van der Waals surface area contributed by atoms with Crippen molar-refractivity contribution < 1.29 is 8.83 Å². The van der Waals surface area contributed by atoms with Crippen LogP contribution in [0.1, 0.15) is 0 Å².